The van der Waals surface area contributed by atoms with Crippen molar-refractivity contribution < 1.29 is 4.39 Å². The molecule has 0 aliphatic carbocycles. The molecule has 2 aromatic rings. The van der Waals surface area contributed by atoms with Gasteiger partial charge < -0.3 is 0 Å². The van der Waals surface area contributed by atoms with Gasteiger partial charge in [-0.3, -0.25) is 4.98 Å². The number of hydrogen-bond acceptors (Lipinski definition) is 1. The summed E-state index contributed by atoms with van der Waals surface area (Å²) in [4.78, 5) is 4.19. The second-order valence-electron chi connectivity index (χ2n) is 2.92. The number of nitrogens with zero attached hydrogens (tertiary/aromatic N) is 1. The predicted molar refractivity (Wildman–Crippen MR) is 54.1 cm³/mol. The van der Waals surface area contributed by atoms with Gasteiger partial charge in [0.1, 0.15) is 5.82 Å². The molecule has 0 bridgehead atoms. The Morgan fingerprint density at radius 1 is 1.38 bits per heavy atom. The molecule has 66 valence electrons. The molecule has 0 aliphatic rings. The van der Waals surface area contributed by atoms with Crippen molar-refractivity contribution in [2.45, 2.75) is 6.92 Å². The highest BCUT2D eigenvalue weighted by Crippen LogP contribution is 2.25. The molecule has 0 amide bonds. The SMILES string of the molecule is Cc1cnc2ccc(F)cc2c1Br. The molecule has 0 radical (unpaired) electrons. The molecular weight excluding hydrogens is 233 g/mol. The number of rotatable bonds is 0. The molecular formula is C10H7BrFN. The molecule has 1 aromatic heterocycles. The zero-order valence-corrected chi connectivity index (χ0v) is 8.60. The quantitative estimate of drug-likeness (QED) is 0.687. The van der Waals surface area contributed by atoms with Crippen LogP contribution < -0.4 is 0 Å². The summed E-state index contributed by atoms with van der Waals surface area (Å²) in [6.45, 7) is 1.93. The summed E-state index contributed by atoms with van der Waals surface area (Å²) in [6, 6.07) is 4.57. The Labute approximate surface area is 83.7 Å². The van der Waals surface area contributed by atoms with Crippen molar-refractivity contribution in [1.82, 2.24) is 4.98 Å². The monoisotopic (exact) mass is 239 g/mol. The van der Waals surface area contributed by atoms with E-state index in [0.29, 0.717) is 0 Å². The van der Waals surface area contributed by atoms with Crippen LogP contribution in [0.2, 0.25) is 0 Å². The maximum atomic E-state index is 12.9. The summed E-state index contributed by atoms with van der Waals surface area (Å²) in [5.41, 5.74) is 1.82. The van der Waals surface area contributed by atoms with E-state index in [2.05, 4.69) is 20.9 Å². The average Bonchev–Trinajstić information content (AvgIpc) is 2.12. The topological polar surface area (TPSA) is 12.9 Å². The van der Waals surface area contributed by atoms with Crippen molar-refractivity contribution >= 4 is 26.8 Å². The van der Waals surface area contributed by atoms with Gasteiger partial charge in [0.25, 0.3) is 0 Å². The second-order valence-corrected chi connectivity index (χ2v) is 3.71. The van der Waals surface area contributed by atoms with Crippen LogP contribution in [0.3, 0.4) is 0 Å². The van der Waals surface area contributed by atoms with E-state index < -0.39 is 0 Å². The van der Waals surface area contributed by atoms with Crippen molar-refractivity contribution in [3.63, 3.8) is 0 Å². The Balaban J connectivity index is 2.89. The third-order valence-electron chi connectivity index (χ3n) is 1.94. The van der Waals surface area contributed by atoms with Crippen molar-refractivity contribution in [3.8, 4) is 0 Å². The first-order valence-electron chi connectivity index (χ1n) is 3.89. The van der Waals surface area contributed by atoms with Gasteiger partial charge in [-0.15, -0.1) is 0 Å². The number of aryl methyl sites for hydroxylation is 1. The third kappa shape index (κ3) is 1.44. The maximum Gasteiger partial charge on any atom is 0.124 e. The fraction of sp³-hybridized carbons (Fsp3) is 0.100. The van der Waals surface area contributed by atoms with Crippen LogP contribution in [-0.4, -0.2) is 4.98 Å². The van der Waals surface area contributed by atoms with Gasteiger partial charge in [-0.2, -0.15) is 0 Å². The van der Waals surface area contributed by atoms with Crippen LogP contribution >= 0.6 is 15.9 Å². The Morgan fingerprint density at radius 3 is 2.92 bits per heavy atom. The van der Waals surface area contributed by atoms with Crippen molar-refractivity contribution in [3.05, 3.63) is 40.2 Å². The first-order chi connectivity index (χ1) is 6.18. The molecule has 0 saturated carbocycles. The lowest BCUT2D eigenvalue weighted by Crippen LogP contribution is -1.85. The first kappa shape index (κ1) is 8.63. The highest BCUT2D eigenvalue weighted by Gasteiger charge is 2.03. The molecule has 2 rings (SSSR count). The highest BCUT2D eigenvalue weighted by atomic mass is 79.9. The van der Waals surface area contributed by atoms with Crippen molar-refractivity contribution in [2.24, 2.45) is 0 Å². The van der Waals surface area contributed by atoms with Crippen LogP contribution in [0.5, 0.6) is 0 Å². The molecule has 0 saturated heterocycles. The molecule has 3 heteroatoms. The van der Waals surface area contributed by atoms with Gasteiger partial charge in [0, 0.05) is 16.1 Å². The average molecular weight is 240 g/mol. The first-order valence-corrected chi connectivity index (χ1v) is 4.68. The zero-order chi connectivity index (χ0) is 9.42. The van der Waals surface area contributed by atoms with E-state index in [0.717, 1.165) is 20.9 Å². The Morgan fingerprint density at radius 2 is 2.15 bits per heavy atom. The second kappa shape index (κ2) is 3.07. The largest absolute Gasteiger partial charge is 0.256 e. The Bertz CT molecular complexity index is 462. The number of aromatic nitrogens is 1. The van der Waals surface area contributed by atoms with Crippen LogP contribution in [0.1, 0.15) is 5.56 Å². The molecule has 0 N–H and O–H groups in total. The molecule has 13 heavy (non-hydrogen) atoms. The molecule has 0 atom stereocenters. The Kier molecular flexibility index (Phi) is 2.04. The fourth-order valence-electron chi connectivity index (χ4n) is 1.23. The van der Waals surface area contributed by atoms with E-state index in [1.54, 1.807) is 12.3 Å². The number of halogens is 2. The van der Waals surface area contributed by atoms with E-state index in [4.69, 9.17) is 0 Å². The fourth-order valence-corrected chi connectivity index (χ4v) is 1.65. The van der Waals surface area contributed by atoms with Crippen LogP contribution in [-0.2, 0) is 0 Å². The predicted octanol–water partition coefficient (Wildman–Crippen LogP) is 3.44. The lowest BCUT2D eigenvalue weighted by molar-refractivity contribution is 0.629. The summed E-state index contributed by atoms with van der Waals surface area (Å²) in [5.74, 6) is -0.236. The molecule has 1 nitrogen and oxygen atoms in total. The minimum Gasteiger partial charge on any atom is -0.256 e. The summed E-state index contributed by atoms with van der Waals surface area (Å²) >= 11 is 3.41. The van der Waals surface area contributed by atoms with Crippen molar-refractivity contribution in [1.29, 1.82) is 0 Å². The summed E-state index contributed by atoms with van der Waals surface area (Å²) in [6.07, 6.45) is 1.77. The molecule has 0 unspecified atom stereocenters. The highest BCUT2D eigenvalue weighted by molar-refractivity contribution is 9.10. The molecule has 1 aromatic carbocycles. The summed E-state index contributed by atoms with van der Waals surface area (Å²) in [7, 11) is 0. The smallest absolute Gasteiger partial charge is 0.124 e. The lowest BCUT2D eigenvalue weighted by Gasteiger charge is -2.02. The van der Waals surface area contributed by atoms with Gasteiger partial charge in [-0.05, 0) is 46.6 Å². The van der Waals surface area contributed by atoms with Crippen LogP contribution in [0.15, 0.2) is 28.9 Å². The standard InChI is InChI=1S/C10H7BrFN/c1-6-5-13-9-3-2-7(12)4-8(9)10(6)11/h2-5H,1H3. The molecule has 1 heterocycles. The van der Waals surface area contributed by atoms with Gasteiger partial charge in [0.15, 0.2) is 0 Å². The van der Waals surface area contributed by atoms with E-state index in [-0.39, 0.29) is 5.82 Å². The molecule has 0 spiro atoms. The van der Waals surface area contributed by atoms with Gasteiger partial charge >= 0.3 is 0 Å². The normalized spacial score (nSPS) is 10.7. The van der Waals surface area contributed by atoms with Crippen LogP contribution in [0.4, 0.5) is 4.39 Å². The molecule has 0 fully saturated rings. The third-order valence-corrected chi connectivity index (χ3v) is 2.99. The summed E-state index contributed by atoms with van der Waals surface area (Å²) < 4.78 is 13.8. The lowest BCUT2D eigenvalue weighted by atomic mass is 10.2. The number of hydrogen-bond donors (Lipinski definition) is 0. The number of benzene rings is 1. The van der Waals surface area contributed by atoms with E-state index in [1.165, 1.54) is 12.1 Å². The van der Waals surface area contributed by atoms with Crippen molar-refractivity contribution in [2.75, 3.05) is 0 Å². The van der Waals surface area contributed by atoms with Gasteiger partial charge in [0.2, 0.25) is 0 Å². The van der Waals surface area contributed by atoms with E-state index >= 15 is 0 Å². The van der Waals surface area contributed by atoms with Gasteiger partial charge in [-0.25, -0.2) is 4.39 Å². The van der Waals surface area contributed by atoms with E-state index in [1.807, 2.05) is 6.92 Å². The number of fused-ring (bicyclic) bond motifs is 1. The summed E-state index contributed by atoms with van der Waals surface area (Å²) in [5, 5.41) is 0.819. The zero-order valence-electron chi connectivity index (χ0n) is 7.01. The number of pyridine rings is 1. The van der Waals surface area contributed by atoms with Gasteiger partial charge in [-0.1, -0.05) is 0 Å². The maximum absolute atomic E-state index is 12.9. The minimum absolute atomic E-state index is 0.236. The van der Waals surface area contributed by atoms with Crippen LogP contribution in [0, 0.1) is 12.7 Å². The van der Waals surface area contributed by atoms with E-state index in [9.17, 15) is 4.39 Å². The Hall–Kier alpha value is -0.960. The minimum atomic E-state index is -0.236. The van der Waals surface area contributed by atoms with Gasteiger partial charge in [0.05, 0.1) is 5.52 Å². The van der Waals surface area contributed by atoms with Crippen LogP contribution in [0.25, 0.3) is 10.9 Å². The molecule has 0 aliphatic heterocycles.